The molecule has 3 aliphatic rings. The Morgan fingerprint density at radius 3 is 2.33 bits per heavy atom. The number of carbonyl (C=O) groups is 2. The van der Waals surface area contributed by atoms with Crippen molar-refractivity contribution in [3.8, 4) is 0 Å². The molecule has 2 aromatic rings. The molecule has 0 saturated carbocycles. The van der Waals surface area contributed by atoms with Crippen molar-refractivity contribution < 1.29 is 14.4 Å². The Hall–Kier alpha value is -2.15. The van der Waals surface area contributed by atoms with E-state index in [9.17, 15) is 9.59 Å². The second kappa shape index (κ2) is 8.17. The van der Waals surface area contributed by atoms with Crippen molar-refractivity contribution in [1.29, 1.82) is 0 Å². The van der Waals surface area contributed by atoms with E-state index in [1.807, 2.05) is 42.1 Å². The van der Waals surface area contributed by atoms with E-state index in [1.165, 1.54) is 10.5 Å². The van der Waals surface area contributed by atoms with Gasteiger partial charge in [0.1, 0.15) is 0 Å². The van der Waals surface area contributed by atoms with E-state index in [-0.39, 0.29) is 35.3 Å². The molecule has 30 heavy (non-hydrogen) atoms. The van der Waals surface area contributed by atoms with Gasteiger partial charge in [0.05, 0.1) is 34.6 Å². The molecule has 2 fully saturated rings. The number of nitrogens with zero attached hydrogens (tertiary/aromatic N) is 2. The van der Waals surface area contributed by atoms with Gasteiger partial charge in [-0.3, -0.25) is 19.3 Å². The summed E-state index contributed by atoms with van der Waals surface area (Å²) in [5, 5.41) is 2.32. The molecule has 3 heterocycles. The Morgan fingerprint density at radius 1 is 1.00 bits per heavy atom. The molecule has 0 aromatic heterocycles. The summed E-state index contributed by atoms with van der Waals surface area (Å²) in [7, 11) is 0. The van der Waals surface area contributed by atoms with Gasteiger partial charge >= 0.3 is 0 Å². The molecule has 0 spiro atoms. The van der Waals surface area contributed by atoms with E-state index in [4.69, 9.17) is 4.84 Å². The lowest BCUT2D eigenvalue weighted by atomic mass is 9.99. The average Bonchev–Trinajstić information content (AvgIpc) is 3.41. The molecule has 2 amide bonds. The van der Waals surface area contributed by atoms with E-state index in [1.54, 1.807) is 12.1 Å². The maximum absolute atomic E-state index is 13.1. The number of carbonyl (C=O) groups excluding carboxylic acids is 2. The Kier molecular flexibility index (Phi) is 5.39. The first-order valence-corrected chi connectivity index (χ1v) is 11.8. The summed E-state index contributed by atoms with van der Waals surface area (Å²) in [5.74, 6) is 0.426. The molecule has 4 atom stereocenters. The molecule has 0 N–H and O–H groups in total. The minimum absolute atomic E-state index is 0.0132. The number of imide groups is 1. The third-order valence-corrected chi connectivity index (χ3v) is 7.84. The Bertz CT molecular complexity index is 915. The van der Waals surface area contributed by atoms with Crippen LogP contribution >= 0.6 is 11.8 Å². The number of unbranched alkanes of at least 4 members (excludes halogenated alkanes) is 1. The fraction of sp³-hybridized carbons (Fsp3) is 0.417. The molecule has 2 saturated heterocycles. The van der Waals surface area contributed by atoms with Gasteiger partial charge < -0.3 is 0 Å². The smallest absolute Gasteiger partial charge is 0.261 e. The predicted molar refractivity (Wildman–Crippen MR) is 117 cm³/mol. The van der Waals surface area contributed by atoms with Gasteiger partial charge in [-0.1, -0.05) is 62.2 Å². The van der Waals surface area contributed by atoms with E-state index in [0.717, 1.165) is 25.0 Å². The van der Waals surface area contributed by atoms with Crippen LogP contribution in [0.15, 0.2) is 54.6 Å². The van der Waals surface area contributed by atoms with Crippen molar-refractivity contribution in [3.05, 3.63) is 71.3 Å². The van der Waals surface area contributed by atoms with Crippen LogP contribution in [0.25, 0.3) is 0 Å². The van der Waals surface area contributed by atoms with Crippen molar-refractivity contribution in [2.45, 2.75) is 56.2 Å². The van der Waals surface area contributed by atoms with Crippen LogP contribution in [0.4, 0.5) is 0 Å². The van der Waals surface area contributed by atoms with Crippen LogP contribution in [0.5, 0.6) is 0 Å². The number of hydroxylamine groups is 2. The summed E-state index contributed by atoms with van der Waals surface area (Å²) < 4.78 is 0. The number of amides is 2. The molecule has 0 aliphatic carbocycles. The van der Waals surface area contributed by atoms with Crippen molar-refractivity contribution in [2.24, 2.45) is 0 Å². The summed E-state index contributed by atoms with van der Waals surface area (Å²) in [6, 6.07) is 17.2. The second-order valence-electron chi connectivity index (χ2n) is 8.23. The van der Waals surface area contributed by atoms with Gasteiger partial charge in [-0.15, -0.1) is 0 Å². The van der Waals surface area contributed by atoms with E-state index >= 15 is 0 Å². The van der Waals surface area contributed by atoms with Crippen LogP contribution in [-0.2, 0) is 11.4 Å². The molecule has 0 radical (unpaired) electrons. The van der Waals surface area contributed by atoms with Gasteiger partial charge in [0.15, 0.2) is 0 Å². The lowest BCUT2D eigenvalue weighted by molar-refractivity contribution is -0.176. The lowest BCUT2D eigenvalue weighted by Gasteiger charge is -2.31. The van der Waals surface area contributed by atoms with E-state index in [0.29, 0.717) is 17.7 Å². The van der Waals surface area contributed by atoms with Gasteiger partial charge in [-0.05, 0) is 24.1 Å². The summed E-state index contributed by atoms with van der Waals surface area (Å²) in [6.45, 7) is 2.85. The zero-order chi connectivity index (χ0) is 20.7. The molecule has 0 bridgehead atoms. The fourth-order valence-corrected chi connectivity index (χ4v) is 6.56. The summed E-state index contributed by atoms with van der Waals surface area (Å²) in [5.41, 5.74) is 2.21. The molecule has 3 aliphatic heterocycles. The number of rotatable bonds is 6. The van der Waals surface area contributed by atoms with E-state index in [2.05, 4.69) is 24.1 Å². The lowest BCUT2D eigenvalue weighted by Crippen LogP contribution is -2.51. The van der Waals surface area contributed by atoms with Crippen LogP contribution in [0.3, 0.4) is 0 Å². The minimum atomic E-state index is -0.178. The van der Waals surface area contributed by atoms with Gasteiger partial charge in [-0.2, -0.15) is 16.8 Å². The molecule has 2 aromatic carbocycles. The van der Waals surface area contributed by atoms with Gasteiger partial charge in [0.2, 0.25) is 0 Å². The van der Waals surface area contributed by atoms with Crippen molar-refractivity contribution >= 4 is 23.6 Å². The summed E-state index contributed by atoms with van der Waals surface area (Å²) >= 11 is 1.85. The number of thioether (sulfide) groups is 1. The largest absolute Gasteiger partial charge is 0.294 e. The Balaban J connectivity index is 1.44. The Morgan fingerprint density at radius 2 is 1.67 bits per heavy atom. The van der Waals surface area contributed by atoms with Gasteiger partial charge in [0, 0.05) is 12.3 Å². The number of hydrogen-bond acceptors (Lipinski definition) is 5. The summed E-state index contributed by atoms with van der Waals surface area (Å²) in [4.78, 5) is 34.2. The molecule has 5 rings (SSSR count). The molecular formula is C24H26N2O3S. The normalized spacial score (nSPS) is 28.2. The van der Waals surface area contributed by atoms with Crippen molar-refractivity contribution in [1.82, 2.24) is 9.96 Å². The number of hydrogen-bond donors (Lipinski definition) is 0. The van der Waals surface area contributed by atoms with Crippen LogP contribution in [0, 0.1) is 0 Å². The van der Waals surface area contributed by atoms with Crippen LogP contribution in [0.2, 0.25) is 0 Å². The monoisotopic (exact) mass is 422 g/mol. The number of fused-ring (bicyclic) bond motifs is 2. The average molecular weight is 423 g/mol. The molecule has 6 heteroatoms. The van der Waals surface area contributed by atoms with Crippen LogP contribution in [-0.4, -0.2) is 51.0 Å². The third kappa shape index (κ3) is 3.27. The zero-order valence-corrected chi connectivity index (χ0v) is 17.9. The zero-order valence-electron chi connectivity index (χ0n) is 17.1. The maximum Gasteiger partial charge on any atom is 0.261 e. The van der Waals surface area contributed by atoms with Gasteiger partial charge in [0.25, 0.3) is 11.8 Å². The highest BCUT2D eigenvalue weighted by Crippen LogP contribution is 2.45. The molecule has 0 unspecified atom stereocenters. The van der Waals surface area contributed by atoms with Gasteiger partial charge in [-0.25, -0.2) is 0 Å². The summed E-state index contributed by atoms with van der Waals surface area (Å²) in [6.07, 6.45) is 3.38. The number of benzene rings is 2. The standard InChI is InChI=1S/C24H26N2O3S/c1-2-3-13-20-22-21(25(29-20)14-16-9-5-4-6-10-16)19(15-30-22)26-23(27)17-11-7-8-12-18(17)24(26)28/h4-12,19-22H,2-3,13-15H2,1H3/t19-,20+,21-,22-/m0/s1. The molecular weight excluding hydrogens is 396 g/mol. The predicted octanol–water partition coefficient (Wildman–Crippen LogP) is 4.14. The fourth-order valence-electron chi connectivity index (χ4n) is 4.88. The topological polar surface area (TPSA) is 49.9 Å². The maximum atomic E-state index is 13.1. The second-order valence-corrected chi connectivity index (χ2v) is 9.44. The van der Waals surface area contributed by atoms with E-state index < -0.39 is 0 Å². The highest BCUT2D eigenvalue weighted by molar-refractivity contribution is 8.00. The van der Waals surface area contributed by atoms with Crippen LogP contribution < -0.4 is 0 Å². The minimum Gasteiger partial charge on any atom is -0.294 e. The van der Waals surface area contributed by atoms with Crippen molar-refractivity contribution in [3.63, 3.8) is 0 Å². The highest BCUT2D eigenvalue weighted by atomic mass is 32.2. The van der Waals surface area contributed by atoms with Crippen molar-refractivity contribution in [2.75, 3.05) is 5.75 Å². The first-order valence-electron chi connectivity index (χ1n) is 10.7. The molecule has 5 nitrogen and oxygen atoms in total. The third-order valence-electron chi connectivity index (χ3n) is 6.34. The Labute approximate surface area is 181 Å². The first kappa shape index (κ1) is 19.8. The first-order chi connectivity index (χ1) is 14.7. The molecule has 156 valence electrons. The van der Waals surface area contributed by atoms with Crippen LogP contribution in [0.1, 0.15) is 52.5 Å². The highest BCUT2D eigenvalue weighted by Gasteiger charge is 2.56. The quantitative estimate of drug-likeness (QED) is 0.655. The SMILES string of the molecule is CCCC[C@H]1ON(Cc2ccccc2)[C@@H]2[C@H]1SC[C@@H]2N1C(=O)c2ccccc2C1=O.